The quantitative estimate of drug-likeness (QED) is 0.813. The van der Waals surface area contributed by atoms with Crippen LogP contribution in [0.2, 0.25) is 0 Å². The van der Waals surface area contributed by atoms with E-state index >= 15 is 0 Å². The molecule has 1 heteroatoms. The second kappa shape index (κ2) is 4.75. The topological polar surface area (TPSA) is 12.0 Å². The monoisotopic (exact) mass is 263 g/mol. The van der Waals surface area contributed by atoms with Crippen LogP contribution in [-0.4, -0.2) is 6.54 Å². The summed E-state index contributed by atoms with van der Waals surface area (Å²) in [7, 11) is 0. The fraction of sp³-hybridized carbons (Fsp3) is 0.368. The number of fused-ring (bicyclic) bond motifs is 2. The molecule has 1 unspecified atom stereocenters. The van der Waals surface area contributed by atoms with Crippen LogP contribution in [-0.2, 0) is 5.41 Å². The summed E-state index contributed by atoms with van der Waals surface area (Å²) in [6.07, 6.45) is 5.45. The highest BCUT2D eigenvalue weighted by molar-refractivity contribution is 5.44. The van der Waals surface area contributed by atoms with Gasteiger partial charge in [0.25, 0.3) is 0 Å². The molecule has 0 saturated heterocycles. The van der Waals surface area contributed by atoms with Crippen molar-refractivity contribution in [2.45, 2.75) is 37.1 Å². The fourth-order valence-corrected chi connectivity index (χ4v) is 4.18. The minimum atomic E-state index is 0.360. The summed E-state index contributed by atoms with van der Waals surface area (Å²) < 4.78 is 0. The summed E-state index contributed by atoms with van der Waals surface area (Å²) in [6.45, 7) is 1.13. The lowest BCUT2D eigenvalue weighted by atomic mass is 9.72. The molecule has 1 aliphatic carbocycles. The molecule has 0 amide bonds. The van der Waals surface area contributed by atoms with Crippen LogP contribution < -0.4 is 5.32 Å². The van der Waals surface area contributed by atoms with E-state index < -0.39 is 0 Å². The van der Waals surface area contributed by atoms with Crippen molar-refractivity contribution in [1.29, 1.82) is 0 Å². The molecule has 2 aliphatic rings. The smallest absolute Gasteiger partial charge is 0.0579 e. The van der Waals surface area contributed by atoms with E-state index in [4.69, 9.17) is 0 Å². The zero-order chi connectivity index (χ0) is 13.4. The summed E-state index contributed by atoms with van der Waals surface area (Å²) >= 11 is 0. The fourth-order valence-electron chi connectivity index (χ4n) is 4.18. The molecule has 0 radical (unpaired) electrons. The Morgan fingerprint density at radius 3 is 2.35 bits per heavy atom. The van der Waals surface area contributed by atoms with Gasteiger partial charge in [-0.15, -0.1) is 0 Å². The zero-order valence-electron chi connectivity index (χ0n) is 11.8. The second-order valence-electron chi connectivity index (χ2n) is 6.30. The van der Waals surface area contributed by atoms with Gasteiger partial charge in [0.1, 0.15) is 0 Å². The van der Waals surface area contributed by atoms with Crippen molar-refractivity contribution < 1.29 is 0 Å². The molecular weight excluding hydrogens is 242 g/mol. The van der Waals surface area contributed by atoms with Gasteiger partial charge in [0.05, 0.1) is 6.04 Å². The lowest BCUT2D eigenvalue weighted by molar-refractivity contribution is 0.357. The van der Waals surface area contributed by atoms with Gasteiger partial charge in [0, 0.05) is 12.0 Å². The third-order valence-electron chi connectivity index (χ3n) is 5.18. The van der Waals surface area contributed by atoms with Crippen LogP contribution in [0.4, 0.5) is 0 Å². The third-order valence-corrected chi connectivity index (χ3v) is 5.18. The molecule has 1 N–H and O–H groups in total. The number of hydrogen-bond acceptors (Lipinski definition) is 1. The number of rotatable bonds is 1. The third kappa shape index (κ3) is 1.81. The maximum atomic E-state index is 3.82. The summed E-state index contributed by atoms with van der Waals surface area (Å²) in [4.78, 5) is 0. The molecule has 0 bridgehead atoms. The highest BCUT2D eigenvalue weighted by atomic mass is 14.9. The molecule has 1 heterocycles. The Morgan fingerprint density at radius 1 is 0.850 bits per heavy atom. The first-order valence-corrected chi connectivity index (χ1v) is 7.77. The average molecular weight is 263 g/mol. The normalized spacial score (nSPS) is 23.7. The Labute approximate surface area is 121 Å². The Balaban J connectivity index is 1.82. The summed E-state index contributed by atoms with van der Waals surface area (Å²) in [5, 5.41) is 3.82. The van der Waals surface area contributed by atoms with Crippen LogP contribution in [0, 0.1) is 0 Å². The highest BCUT2D eigenvalue weighted by Gasteiger charge is 2.41. The number of hydrogen-bond donors (Lipinski definition) is 1. The predicted molar refractivity (Wildman–Crippen MR) is 82.9 cm³/mol. The molecule has 20 heavy (non-hydrogen) atoms. The van der Waals surface area contributed by atoms with Crippen molar-refractivity contribution in [3.63, 3.8) is 0 Å². The van der Waals surface area contributed by atoms with Crippen LogP contribution in [0.1, 0.15) is 48.4 Å². The van der Waals surface area contributed by atoms with Gasteiger partial charge in [0.2, 0.25) is 0 Å². The van der Waals surface area contributed by atoms with Crippen LogP contribution in [0.3, 0.4) is 0 Å². The summed E-state index contributed by atoms with van der Waals surface area (Å²) in [5.74, 6) is 0. The maximum absolute atomic E-state index is 3.82. The first-order chi connectivity index (χ1) is 9.89. The summed E-state index contributed by atoms with van der Waals surface area (Å²) in [5.41, 5.74) is 4.88. The lowest BCUT2D eigenvalue weighted by Gasteiger charge is -2.40. The van der Waals surface area contributed by atoms with E-state index in [0.717, 1.165) is 6.54 Å². The number of benzene rings is 2. The van der Waals surface area contributed by atoms with Gasteiger partial charge < -0.3 is 5.32 Å². The van der Waals surface area contributed by atoms with E-state index in [2.05, 4.69) is 59.9 Å². The van der Waals surface area contributed by atoms with Crippen molar-refractivity contribution >= 4 is 0 Å². The molecule has 1 saturated carbocycles. The van der Waals surface area contributed by atoms with Crippen molar-refractivity contribution in [1.82, 2.24) is 5.32 Å². The van der Waals surface area contributed by atoms with Crippen LogP contribution in [0.25, 0.3) is 0 Å². The minimum Gasteiger partial charge on any atom is -0.305 e. The highest BCUT2D eigenvalue weighted by Crippen LogP contribution is 2.46. The Hall–Kier alpha value is -1.60. The van der Waals surface area contributed by atoms with Crippen LogP contribution in [0.15, 0.2) is 54.6 Å². The van der Waals surface area contributed by atoms with Crippen molar-refractivity contribution in [2.75, 3.05) is 6.54 Å². The molecule has 1 atom stereocenters. The van der Waals surface area contributed by atoms with E-state index in [-0.39, 0.29) is 0 Å². The maximum Gasteiger partial charge on any atom is 0.0579 e. The Kier molecular flexibility index (Phi) is 2.89. The van der Waals surface area contributed by atoms with E-state index in [1.165, 1.54) is 36.8 Å². The largest absolute Gasteiger partial charge is 0.305 e. The Bertz CT molecular complexity index is 596. The van der Waals surface area contributed by atoms with Gasteiger partial charge in [-0.25, -0.2) is 0 Å². The molecule has 2 aromatic carbocycles. The van der Waals surface area contributed by atoms with Gasteiger partial charge >= 0.3 is 0 Å². The minimum absolute atomic E-state index is 0.360. The van der Waals surface area contributed by atoms with E-state index in [1.54, 1.807) is 5.56 Å². The molecule has 1 fully saturated rings. The predicted octanol–water partition coefficient (Wildman–Crippen LogP) is 4.19. The van der Waals surface area contributed by atoms with Crippen LogP contribution in [0.5, 0.6) is 0 Å². The van der Waals surface area contributed by atoms with Crippen LogP contribution >= 0.6 is 0 Å². The molecule has 4 rings (SSSR count). The Morgan fingerprint density at radius 2 is 1.55 bits per heavy atom. The molecule has 1 spiro atoms. The zero-order valence-corrected chi connectivity index (χ0v) is 11.8. The van der Waals surface area contributed by atoms with Gasteiger partial charge in [-0.3, -0.25) is 0 Å². The molecular formula is C19H21N. The second-order valence-corrected chi connectivity index (χ2v) is 6.30. The van der Waals surface area contributed by atoms with Gasteiger partial charge in [-0.05, 0) is 29.5 Å². The molecule has 2 aromatic rings. The van der Waals surface area contributed by atoms with Crippen molar-refractivity contribution in [3.05, 3.63) is 71.3 Å². The first-order valence-electron chi connectivity index (χ1n) is 7.77. The first kappa shape index (κ1) is 12.2. The SMILES string of the molecule is c1ccc(C2NCC3(CCCC3)c3ccccc32)cc1. The van der Waals surface area contributed by atoms with Crippen molar-refractivity contribution in [3.8, 4) is 0 Å². The molecule has 1 nitrogen and oxygen atoms in total. The number of nitrogens with one attached hydrogen (secondary N) is 1. The van der Waals surface area contributed by atoms with Gasteiger partial charge in [-0.1, -0.05) is 67.4 Å². The average Bonchev–Trinajstić information content (AvgIpc) is 2.98. The lowest BCUT2D eigenvalue weighted by Crippen LogP contribution is -2.44. The van der Waals surface area contributed by atoms with Crippen molar-refractivity contribution in [2.24, 2.45) is 0 Å². The molecule has 102 valence electrons. The summed E-state index contributed by atoms with van der Waals surface area (Å²) in [6, 6.07) is 20.3. The molecule has 1 aliphatic heterocycles. The van der Waals surface area contributed by atoms with Gasteiger partial charge in [-0.2, -0.15) is 0 Å². The standard InChI is InChI=1S/C19H21N/c1-2-8-15(9-3-1)18-16-10-4-5-11-17(16)19(14-20-18)12-6-7-13-19/h1-5,8-11,18,20H,6-7,12-14H2. The van der Waals surface area contributed by atoms with E-state index in [0.29, 0.717) is 11.5 Å². The van der Waals surface area contributed by atoms with E-state index in [1.807, 2.05) is 0 Å². The van der Waals surface area contributed by atoms with Gasteiger partial charge in [0.15, 0.2) is 0 Å². The van der Waals surface area contributed by atoms with E-state index in [9.17, 15) is 0 Å². The molecule has 0 aromatic heterocycles.